The molecule has 0 aliphatic rings. The lowest BCUT2D eigenvalue weighted by molar-refractivity contribution is 1.28. The third-order valence-electron chi connectivity index (χ3n) is 1.86. The van der Waals surface area contributed by atoms with Crippen molar-refractivity contribution in [2.45, 2.75) is 38.9 Å². The molecule has 0 N–H and O–H groups in total. The molecule has 0 rings (SSSR count). The van der Waals surface area contributed by atoms with Gasteiger partial charge >= 0.3 is 0 Å². The van der Waals surface area contributed by atoms with Gasteiger partial charge in [0, 0.05) is 8.80 Å². The maximum absolute atomic E-state index is 2.32. The average molecular weight is 142 g/mol. The molecule has 0 nitrogen and oxygen atoms in total. The molecule has 0 spiro atoms. The first kappa shape index (κ1) is 8.96. The topological polar surface area (TPSA) is 0 Å². The summed E-state index contributed by atoms with van der Waals surface area (Å²) >= 11 is 0. The zero-order valence-corrected chi connectivity index (χ0v) is 8.01. The largest absolute Gasteiger partial charge is 0.0920 e. The third-order valence-corrected chi connectivity index (χ3v) is 5.11. The van der Waals surface area contributed by atoms with Crippen molar-refractivity contribution in [3.8, 4) is 0 Å². The lowest BCUT2D eigenvalue weighted by atomic mass is 10.6. The van der Waals surface area contributed by atoms with Gasteiger partial charge in [-0.1, -0.05) is 38.1 Å². The van der Waals surface area contributed by atoms with Gasteiger partial charge in [0.1, 0.15) is 0 Å². The van der Waals surface area contributed by atoms with Gasteiger partial charge in [-0.3, -0.25) is 0 Å². The zero-order valence-electron chi connectivity index (χ0n) is 6.85. The molecule has 0 unspecified atom stereocenters. The van der Waals surface area contributed by atoms with Crippen LogP contribution >= 0.6 is 0 Å². The molecule has 0 fully saturated rings. The van der Waals surface area contributed by atoms with Crippen LogP contribution in [0.25, 0.3) is 0 Å². The lowest BCUT2D eigenvalue weighted by Gasteiger charge is -2.04. The number of hydrogen-bond donors (Lipinski definition) is 0. The molecule has 0 saturated carbocycles. The Morgan fingerprint density at radius 2 is 1.78 bits per heavy atom. The van der Waals surface area contributed by atoms with E-state index in [1.165, 1.54) is 18.1 Å². The van der Waals surface area contributed by atoms with Gasteiger partial charge in [-0.15, -0.1) is 0 Å². The van der Waals surface area contributed by atoms with E-state index in [0.717, 1.165) is 0 Å². The summed E-state index contributed by atoms with van der Waals surface area (Å²) in [5.74, 6) is 0. The second-order valence-corrected chi connectivity index (χ2v) is 6.32. The summed E-state index contributed by atoms with van der Waals surface area (Å²) in [5.41, 5.74) is 0. The zero-order chi connectivity index (χ0) is 7.11. The normalized spacial score (nSPS) is 11.6. The Kier molecular flexibility index (Phi) is 6.05. The molecule has 0 aliphatic carbocycles. The molecule has 0 aliphatic heterocycles. The Balaban J connectivity index is 3.31. The van der Waals surface area contributed by atoms with Crippen LogP contribution in [-0.2, 0) is 0 Å². The summed E-state index contributed by atoms with van der Waals surface area (Å²) in [6.45, 7) is 6.75. The van der Waals surface area contributed by atoms with Gasteiger partial charge < -0.3 is 0 Å². The van der Waals surface area contributed by atoms with Gasteiger partial charge in [-0.25, -0.2) is 0 Å². The Hall–Kier alpha value is -0.0431. The van der Waals surface area contributed by atoms with E-state index < -0.39 is 0 Å². The van der Waals surface area contributed by atoms with Gasteiger partial charge in [0.25, 0.3) is 0 Å². The fourth-order valence-corrected chi connectivity index (χ4v) is 2.85. The smallest absolute Gasteiger partial charge is 0.0400 e. The Morgan fingerprint density at radius 1 is 1.22 bits per heavy atom. The molecular formula is C8H18Si. The van der Waals surface area contributed by atoms with E-state index in [4.69, 9.17) is 0 Å². The van der Waals surface area contributed by atoms with E-state index in [9.17, 15) is 0 Å². The molecule has 0 saturated heterocycles. The lowest BCUT2D eigenvalue weighted by Crippen LogP contribution is -2.05. The van der Waals surface area contributed by atoms with Crippen LogP contribution in [-0.4, -0.2) is 8.80 Å². The van der Waals surface area contributed by atoms with Gasteiger partial charge in [-0.2, -0.15) is 0 Å². The van der Waals surface area contributed by atoms with E-state index in [1.54, 1.807) is 0 Å². The first-order valence-electron chi connectivity index (χ1n) is 3.96. The molecule has 54 valence electrons. The average Bonchev–Trinajstić information content (AvgIpc) is 1.91. The van der Waals surface area contributed by atoms with Gasteiger partial charge in [-0.05, 0) is 13.0 Å². The standard InChI is InChI=1S/C8H18Si/c1-4-7-8-9(5-2)6-3/h4,7,9H,5-6,8H2,1-3H3. The summed E-state index contributed by atoms with van der Waals surface area (Å²) in [6.07, 6.45) is 4.50. The molecule has 0 radical (unpaired) electrons. The summed E-state index contributed by atoms with van der Waals surface area (Å²) < 4.78 is 0. The molecule has 1 heteroatoms. The molecule has 0 atom stereocenters. The highest BCUT2D eigenvalue weighted by Crippen LogP contribution is 2.04. The Labute approximate surface area is 60.6 Å². The number of hydrogen-bond acceptors (Lipinski definition) is 0. The first-order valence-corrected chi connectivity index (χ1v) is 6.41. The SMILES string of the molecule is CC=CC[SiH](CC)CC. The summed E-state index contributed by atoms with van der Waals surface area (Å²) in [7, 11) is -0.297. The van der Waals surface area contributed by atoms with Gasteiger partial charge in [0.2, 0.25) is 0 Å². The van der Waals surface area contributed by atoms with Crippen LogP contribution in [0.2, 0.25) is 18.1 Å². The Morgan fingerprint density at radius 3 is 2.11 bits per heavy atom. The van der Waals surface area contributed by atoms with Crippen LogP contribution in [0.4, 0.5) is 0 Å². The fraction of sp³-hybridized carbons (Fsp3) is 0.750. The predicted octanol–water partition coefficient (Wildman–Crippen LogP) is 2.83. The quantitative estimate of drug-likeness (QED) is 0.418. The van der Waals surface area contributed by atoms with Crippen LogP contribution < -0.4 is 0 Å². The minimum absolute atomic E-state index is 0.297. The molecule has 0 aromatic rings. The van der Waals surface area contributed by atoms with Crippen LogP contribution in [0.5, 0.6) is 0 Å². The summed E-state index contributed by atoms with van der Waals surface area (Å²) in [5, 5.41) is 0. The van der Waals surface area contributed by atoms with E-state index in [2.05, 4.69) is 32.9 Å². The Bertz CT molecular complexity index is 72.6. The number of rotatable bonds is 4. The summed E-state index contributed by atoms with van der Waals surface area (Å²) in [6, 6.07) is 4.32. The highest BCUT2D eigenvalue weighted by Gasteiger charge is 2.00. The van der Waals surface area contributed by atoms with Crippen molar-refractivity contribution in [2.24, 2.45) is 0 Å². The van der Waals surface area contributed by atoms with Crippen LogP contribution in [0.15, 0.2) is 12.2 Å². The monoisotopic (exact) mass is 142 g/mol. The fourth-order valence-electron chi connectivity index (χ4n) is 0.951. The molecule has 0 bridgehead atoms. The van der Waals surface area contributed by atoms with Gasteiger partial charge in [0.05, 0.1) is 0 Å². The number of allylic oxidation sites excluding steroid dienone is 2. The summed E-state index contributed by atoms with van der Waals surface area (Å²) in [4.78, 5) is 0. The van der Waals surface area contributed by atoms with E-state index in [-0.39, 0.29) is 8.80 Å². The van der Waals surface area contributed by atoms with Crippen molar-refractivity contribution in [3.05, 3.63) is 12.2 Å². The maximum atomic E-state index is 2.32. The van der Waals surface area contributed by atoms with Crippen LogP contribution in [0.3, 0.4) is 0 Å². The minimum atomic E-state index is -0.297. The van der Waals surface area contributed by atoms with Crippen molar-refractivity contribution in [1.82, 2.24) is 0 Å². The second-order valence-electron chi connectivity index (χ2n) is 2.49. The molecule has 9 heavy (non-hydrogen) atoms. The minimum Gasteiger partial charge on any atom is -0.0920 e. The van der Waals surface area contributed by atoms with Crippen molar-refractivity contribution in [3.63, 3.8) is 0 Å². The van der Waals surface area contributed by atoms with Crippen molar-refractivity contribution in [2.75, 3.05) is 0 Å². The maximum Gasteiger partial charge on any atom is 0.0400 e. The van der Waals surface area contributed by atoms with Crippen molar-refractivity contribution >= 4 is 8.80 Å². The van der Waals surface area contributed by atoms with Crippen molar-refractivity contribution < 1.29 is 0 Å². The predicted molar refractivity (Wildman–Crippen MR) is 47.7 cm³/mol. The van der Waals surface area contributed by atoms with Gasteiger partial charge in [0.15, 0.2) is 0 Å². The van der Waals surface area contributed by atoms with E-state index >= 15 is 0 Å². The van der Waals surface area contributed by atoms with E-state index in [0.29, 0.717) is 0 Å². The third kappa shape index (κ3) is 4.46. The van der Waals surface area contributed by atoms with Crippen molar-refractivity contribution in [1.29, 1.82) is 0 Å². The molecule has 0 aromatic carbocycles. The van der Waals surface area contributed by atoms with Crippen LogP contribution in [0.1, 0.15) is 20.8 Å². The highest BCUT2D eigenvalue weighted by molar-refractivity contribution is 6.59. The molecule has 0 amide bonds. The van der Waals surface area contributed by atoms with E-state index in [1.807, 2.05) is 0 Å². The molecule has 0 aromatic heterocycles. The molecular weight excluding hydrogens is 124 g/mol. The molecule has 0 heterocycles. The first-order chi connectivity index (χ1) is 4.35. The highest BCUT2D eigenvalue weighted by atomic mass is 28.3. The van der Waals surface area contributed by atoms with Crippen LogP contribution in [0, 0.1) is 0 Å². The second kappa shape index (κ2) is 6.08.